The lowest BCUT2D eigenvalue weighted by molar-refractivity contribution is -0.155. The van der Waals surface area contributed by atoms with Crippen molar-refractivity contribution in [3.8, 4) is 0 Å². The molecule has 1 saturated carbocycles. The Balaban J connectivity index is 1.84. The molecule has 8 heteroatoms. The Morgan fingerprint density at radius 3 is 2.63 bits per heavy atom. The van der Waals surface area contributed by atoms with Crippen LogP contribution in [0.1, 0.15) is 39.5 Å². The molecule has 2 rings (SSSR count). The van der Waals surface area contributed by atoms with Crippen LogP contribution < -0.4 is 5.32 Å². The highest BCUT2D eigenvalue weighted by Crippen LogP contribution is 2.35. The minimum absolute atomic E-state index is 0.00837. The molecule has 0 bridgehead atoms. The Kier molecular flexibility index (Phi) is 7.21. The Morgan fingerprint density at radius 2 is 1.96 bits per heavy atom. The summed E-state index contributed by atoms with van der Waals surface area (Å²) >= 11 is 0. The monoisotopic (exact) mass is 381 g/mol. The third-order valence-electron chi connectivity index (χ3n) is 5.98. The van der Waals surface area contributed by atoms with Gasteiger partial charge in [-0.15, -0.1) is 0 Å². The van der Waals surface area contributed by atoms with E-state index >= 15 is 0 Å². The minimum Gasteiger partial charge on any atom is -0.455 e. The van der Waals surface area contributed by atoms with Gasteiger partial charge in [0.1, 0.15) is 0 Å². The molecule has 1 N–H and O–H groups in total. The van der Waals surface area contributed by atoms with Crippen molar-refractivity contribution in [3.05, 3.63) is 0 Å². The molecule has 0 aromatic carbocycles. The molecule has 4 atom stereocenters. The second kappa shape index (κ2) is 9.19. The number of rotatable bonds is 6. The van der Waals surface area contributed by atoms with Gasteiger partial charge in [-0.25, -0.2) is 0 Å². The van der Waals surface area contributed by atoms with Crippen LogP contribution in [0.3, 0.4) is 0 Å². The van der Waals surface area contributed by atoms with Gasteiger partial charge in [0.2, 0.25) is 11.8 Å². The highest BCUT2D eigenvalue weighted by molar-refractivity contribution is 5.89. The van der Waals surface area contributed by atoms with E-state index in [1.807, 2.05) is 4.90 Å². The van der Waals surface area contributed by atoms with Crippen molar-refractivity contribution in [2.75, 3.05) is 33.8 Å². The molecular formula is C19H31N3O5. The maximum atomic E-state index is 12.4. The Morgan fingerprint density at radius 1 is 1.26 bits per heavy atom. The number of likely N-dealkylation sites (tertiary alicyclic amines) is 1. The van der Waals surface area contributed by atoms with Crippen molar-refractivity contribution in [2.45, 2.75) is 45.6 Å². The summed E-state index contributed by atoms with van der Waals surface area (Å²) in [5, 5.41) is 2.42. The Labute approximate surface area is 160 Å². The molecule has 0 aromatic rings. The van der Waals surface area contributed by atoms with E-state index in [1.165, 1.54) is 25.4 Å². The minimum atomic E-state index is -0.529. The topological polar surface area (TPSA) is 96.0 Å². The Bertz CT molecular complexity index is 594. The zero-order chi connectivity index (χ0) is 20.1. The zero-order valence-electron chi connectivity index (χ0n) is 16.7. The summed E-state index contributed by atoms with van der Waals surface area (Å²) in [5.74, 6) is -0.838. The highest BCUT2D eigenvalue weighted by Gasteiger charge is 2.42. The summed E-state index contributed by atoms with van der Waals surface area (Å²) in [7, 11) is 2.95. The zero-order valence-corrected chi connectivity index (χ0v) is 16.7. The number of ether oxygens (including phenoxy) is 1. The number of carbonyl (C=O) groups excluding carboxylic acids is 4. The summed E-state index contributed by atoms with van der Waals surface area (Å²) in [6, 6.07) is 0.180. The molecule has 2 fully saturated rings. The summed E-state index contributed by atoms with van der Waals surface area (Å²) in [5.41, 5.74) is 0. The molecular weight excluding hydrogens is 350 g/mol. The third-order valence-corrected chi connectivity index (χ3v) is 5.98. The first-order valence-electron chi connectivity index (χ1n) is 9.65. The first-order valence-corrected chi connectivity index (χ1v) is 9.65. The standard InChI is InChI=1S/C19H31N3O5/c1-12-6-5-7-15(13(12)2)22-9-14(8-17(22)24)19(26)27-11-18(25)21(4)10-16(23)20-3/h12-15H,5-11H2,1-4H3,(H,20,23)/t12-,13-,14-,15-/m1/s1. The van der Waals surface area contributed by atoms with Gasteiger partial charge in [-0.05, 0) is 18.3 Å². The van der Waals surface area contributed by atoms with Crippen molar-refractivity contribution in [1.82, 2.24) is 15.1 Å². The van der Waals surface area contributed by atoms with Crippen molar-refractivity contribution in [2.24, 2.45) is 17.8 Å². The van der Waals surface area contributed by atoms with E-state index in [0.29, 0.717) is 18.4 Å². The molecule has 1 aliphatic heterocycles. The predicted octanol–water partition coefficient (Wildman–Crippen LogP) is 0.407. The molecule has 8 nitrogen and oxygen atoms in total. The largest absolute Gasteiger partial charge is 0.455 e. The second-order valence-electron chi connectivity index (χ2n) is 7.81. The number of hydrogen-bond acceptors (Lipinski definition) is 5. The number of nitrogens with zero attached hydrogens (tertiary/aromatic N) is 2. The quantitative estimate of drug-likeness (QED) is 0.672. The lowest BCUT2D eigenvalue weighted by Crippen LogP contribution is -2.45. The SMILES string of the molecule is CNC(=O)CN(C)C(=O)COC(=O)[C@@H]1CC(=O)N([C@@H]2CCC[C@@H](C)[C@H]2C)C1. The molecule has 0 radical (unpaired) electrons. The summed E-state index contributed by atoms with van der Waals surface area (Å²) < 4.78 is 5.12. The third kappa shape index (κ3) is 5.20. The molecule has 0 spiro atoms. The average molecular weight is 381 g/mol. The molecule has 3 amide bonds. The summed E-state index contributed by atoms with van der Waals surface area (Å²) in [6.07, 6.45) is 3.39. The van der Waals surface area contributed by atoms with Gasteiger partial charge in [0.15, 0.2) is 6.61 Å². The van der Waals surface area contributed by atoms with Crippen molar-refractivity contribution < 1.29 is 23.9 Å². The van der Waals surface area contributed by atoms with Crippen LogP contribution in [0.4, 0.5) is 0 Å². The first-order chi connectivity index (χ1) is 12.7. The lowest BCUT2D eigenvalue weighted by Gasteiger charge is -2.39. The van der Waals surface area contributed by atoms with E-state index < -0.39 is 24.4 Å². The van der Waals surface area contributed by atoms with E-state index in [-0.39, 0.29) is 30.8 Å². The van der Waals surface area contributed by atoms with Crippen LogP contribution in [0.2, 0.25) is 0 Å². The number of hydrogen-bond donors (Lipinski definition) is 1. The highest BCUT2D eigenvalue weighted by atomic mass is 16.5. The van der Waals surface area contributed by atoms with Gasteiger partial charge in [-0.3, -0.25) is 19.2 Å². The van der Waals surface area contributed by atoms with E-state index in [0.717, 1.165) is 12.8 Å². The van der Waals surface area contributed by atoms with E-state index in [4.69, 9.17) is 4.74 Å². The van der Waals surface area contributed by atoms with Gasteiger partial charge in [0.25, 0.3) is 5.91 Å². The van der Waals surface area contributed by atoms with Crippen molar-refractivity contribution in [1.29, 1.82) is 0 Å². The van der Waals surface area contributed by atoms with Crippen LogP contribution in [-0.2, 0) is 23.9 Å². The van der Waals surface area contributed by atoms with Gasteiger partial charge in [0.05, 0.1) is 12.5 Å². The van der Waals surface area contributed by atoms with Gasteiger partial charge in [0, 0.05) is 33.1 Å². The van der Waals surface area contributed by atoms with E-state index in [2.05, 4.69) is 19.2 Å². The molecule has 1 heterocycles. The van der Waals surface area contributed by atoms with Gasteiger partial charge >= 0.3 is 5.97 Å². The Hall–Kier alpha value is -2.12. The summed E-state index contributed by atoms with van der Waals surface area (Å²) in [6.45, 7) is 4.23. The fraction of sp³-hybridized carbons (Fsp3) is 0.789. The van der Waals surface area contributed by atoms with Crippen LogP contribution in [0.15, 0.2) is 0 Å². The van der Waals surface area contributed by atoms with Crippen LogP contribution in [-0.4, -0.2) is 73.3 Å². The van der Waals surface area contributed by atoms with E-state index in [1.54, 1.807) is 0 Å². The van der Waals surface area contributed by atoms with Crippen LogP contribution in [0, 0.1) is 17.8 Å². The molecule has 152 valence electrons. The number of esters is 1. The number of carbonyl (C=O) groups is 4. The molecule has 1 aliphatic carbocycles. The molecule has 1 saturated heterocycles. The van der Waals surface area contributed by atoms with E-state index in [9.17, 15) is 19.2 Å². The van der Waals surface area contributed by atoms with Crippen LogP contribution in [0.25, 0.3) is 0 Å². The summed E-state index contributed by atoms with van der Waals surface area (Å²) in [4.78, 5) is 51.0. The second-order valence-corrected chi connectivity index (χ2v) is 7.81. The number of amides is 3. The van der Waals surface area contributed by atoms with Crippen molar-refractivity contribution in [3.63, 3.8) is 0 Å². The van der Waals surface area contributed by atoms with Gasteiger partial charge < -0.3 is 19.9 Å². The van der Waals surface area contributed by atoms with Gasteiger partial charge in [-0.2, -0.15) is 0 Å². The van der Waals surface area contributed by atoms with Crippen molar-refractivity contribution >= 4 is 23.7 Å². The first kappa shape index (κ1) is 21.2. The van der Waals surface area contributed by atoms with Gasteiger partial charge in [-0.1, -0.05) is 26.7 Å². The fourth-order valence-corrected chi connectivity index (χ4v) is 3.95. The maximum absolute atomic E-state index is 12.4. The number of likely N-dealkylation sites (N-methyl/N-ethyl adjacent to an activating group) is 2. The molecule has 2 aliphatic rings. The number of nitrogens with one attached hydrogen (secondary N) is 1. The maximum Gasteiger partial charge on any atom is 0.311 e. The molecule has 0 aromatic heterocycles. The molecule has 27 heavy (non-hydrogen) atoms. The predicted molar refractivity (Wildman–Crippen MR) is 98.4 cm³/mol. The smallest absolute Gasteiger partial charge is 0.311 e. The lowest BCUT2D eigenvalue weighted by atomic mass is 9.77. The van der Waals surface area contributed by atoms with Crippen LogP contribution >= 0.6 is 0 Å². The normalized spacial score (nSPS) is 28.0. The van der Waals surface area contributed by atoms with Crippen LogP contribution in [0.5, 0.6) is 0 Å². The fourth-order valence-electron chi connectivity index (χ4n) is 3.95. The molecule has 0 unspecified atom stereocenters. The average Bonchev–Trinajstić information content (AvgIpc) is 3.03.